The Balaban J connectivity index is 1.84. The maximum Gasteiger partial charge on any atom is 0.154 e. The average Bonchev–Trinajstić information content (AvgIpc) is 3.01. The molecule has 0 amide bonds. The fraction of sp³-hybridized carbons (Fsp3) is 0.500. The predicted molar refractivity (Wildman–Crippen MR) is 76.6 cm³/mol. The van der Waals surface area contributed by atoms with E-state index in [9.17, 15) is 0 Å². The first-order valence-electron chi connectivity index (χ1n) is 6.71. The molecule has 4 heteroatoms. The van der Waals surface area contributed by atoms with Gasteiger partial charge >= 0.3 is 0 Å². The molecule has 96 valence electrons. The van der Waals surface area contributed by atoms with E-state index in [2.05, 4.69) is 27.7 Å². The lowest BCUT2D eigenvalue weighted by atomic mass is 9.85. The molecule has 0 radical (unpaired) electrons. The summed E-state index contributed by atoms with van der Waals surface area (Å²) in [6.07, 6.45) is 7.95. The number of nitrogens with two attached hydrogens (primary N) is 1. The molecular formula is C14H19N3S. The monoisotopic (exact) mass is 261 g/mol. The van der Waals surface area contributed by atoms with Crippen LogP contribution in [0.5, 0.6) is 0 Å². The van der Waals surface area contributed by atoms with Crippen LogP contribution in [-0.2, 0) is 6.42 Å². The van der Waals surface area contributed by atoms with Crippen molar-refractivity contribution < 1.29 is 0 Å². The van der Waals surface area contributed by atoms with Gasteiger partial charge in [-0.2, -0.15) is 5.10 Å². The molecule has 0 bridgehead atoms. The van der Waals surface area contributed by atoms with Crippen molar-refractivity contribution in [2.75, 3.05) is 5.73 Å². The lowest BCUT2D eigenvalue weighted by molar-refractivity contribution is 0.354. The number of thiophene rings is 1. The topological polar surface area (TPSA) is 54.7 Å². The molecular weight excluding hydrogens is 242 g/mol. The van der Waals surface area contributed by atoms with E-state index in [4.69, 9.17) is 5.73 Å². The van der Waals surface area contributed by atoms with Crippen molar-refractivity contribution in [2.24, 2.45) is 5.92 Å². The van der Waals surface area contributed by atoms with Gasteiger partial charge in [0, 0.05) is 10.6 Å². The fourth-order valence-electron chi connectivity index (χ4n) is 2.92. The van der Waals surface area contributed by atoms with Crippen LogP contribution in [0.25, 0.3) is 10.4 Å². The van der Waals surface area contributed by atoms with Crippen LogP contribution >= 0.6 is 11.3 Å². The van der Waals surface area contributed by atoms with Crippen molar-refractivity contribution in [2.45, 2.75) is 38.5 Å². The largest absolute Gasteiger partial charge is 0.382 e. The number of nitrogen functional groups attached to an aromatic ring is 1. The zero-order valence-corrected chi connectivity index (χ0v) is 11.3. The Morgan fingerprint density at radius 2 is 2.17 bits per heavy atom. The molecule has 3 N–H and O–H groups in total. The molecule has 3 rings (SSSR count). The molecule has 0 atom stereocenters. The molecule has 1 aliphatic rings. The summed E-state index contributed by atoms with van der Waals surface area (Å²) in [4.78, 5) is 1.23. The highest BCUT2D eigenvalue weighted by molar-refractivity contribution is 7.13. The van der Waals surface area contributed by atoms with Crippen molar-refractivity contribution >= 4 is 17.2 Å². The first-order chi connectivity index (χ1) is 8.84. The standard InChI is InChI=1S/C14H19N3S/c15-14-13(12-7-4-8-18-12)11(16-17-14)9-10-5-2-1-3-6-10/h4,7-8,10H,1-3,5-6,9H2,(H3,15,16,17). The molecule has 0 saturated heterocycles. The van der Waals surface area contributed by atoms with Gasteiger partial charge in [-0.25, -0.2) is 0 Å². The van der Waals surface area contributed by atoms with Crippen LogP contribution in [0.15, 0.2) is 17.5 Å². The Kier molecular flexibility index (Phi) is 3.37. The van der Waals surface area contributed by atoms with Crippen LogP contribution in [0.3, 0.4) is 0 Å². The van der Waals surface area contributed by atoms with E-state index in [1.165, 1.54) is 42.7 Å². The van der Waals surface area contributed by atoms with E-state index < -0.39 is 0 Å². The third-order valence-electron chi connectivity index (χ3n) is 3.85. The van der Waals surface area contributed by atoms with Gasteiger partial charge < -0.3 is 5.73 Å². The summed E-state index contributed by atoms with van der Waals surface area (Å²) >= 11 is 1.73. The van der Waals surface area contributed by atoms with E-state index in [0.717, 1.165) is 17.9 Å². The highest BCUT2D eigenvalue weighted by Crippen LogP contribution is 2.35. The number of anilines is 1. The van der Waals surface area contributed by atoms with Crippen molar-refractivity contribution in [1.82, 2.24) is 10.2 Å². The highest BCUT2D eigenvalue weighted by Gasteiger charge is 2.19. The average molecular weight is 261 g/mol. The zero-order valence-electron chi connectivity index (χ0n) is 10.5. The number of nitrogens with one attached hydrogen (secondary N) is 1. The number of aromatic nitrogens is 2. The normalized spacial score (nSPS) is 17.1. The second-order valence-electron chi connectivity index (χ2n) is 5.15. The fourth-order valence-corrected chi connectivity index (χ4v) is 3.72. The molecule has 1 aliphatic carbocycles. The zero-order chi connectivity index (χ0) is 12.4. The highest BCUT2D eigenvalue weighted by atomic mass is 32.1. The second-order valence-corrected chi connectivity index (χ2v) is 6.10. The summed E-state index contributed by atoms with van der Waals surface area (Å²) in [5, 5.41) is 9.43. The summed E-state index contributed by atoms with van der Waals surface area (Å²) in [7, 11) is 0. The minimum atomic E-state index is 0.642. The Morgan fingerprint density at radius 3 is 2.89 bits per heavy atom. The summed E-state index contributed by atoms with van der Waals surface area (Å²) in [6, 6.07) is 4.19. The number of hydrogen-bond acceptors (Lipinski definition) is 3. The lowest BCUT2D eigenvalue weighted by Gasteiger charge is -2.21. The van der Waals surface area contributed by atoms with Crippen LogP contribution in [0.1, 0.15) is 37.8 Å². The van der Waals surface area contributed by atoms with Gasteiger partial charge in [0.05, 0.1) is 5.56 Å². The van der Waals surface area contributed by atoms with Gasteiger partial charge in [0.1, 0.15) is 0 Å². The van der Waals surface area contributed by atoms with E-state index >= 15 is 0 Å². The van der Waals surface area contributed by atoms with Gasteiger partial charge in [-0.05, 0) is 23.8 Å². The van der Waals surface area contributed by atoms with E-state index in [0.29, 0.717) is 5.82 Å². The summed E-state index contributed by atoms with van der Waals surface area (Å²) < 4.78 is 0. The van der Waals surface area contributed by atoms with Gasteiger partial charge in [-0.3, -0.25) is 5.10 Å². The van der Waals surface area contributed by atoms with Gasteiger partial charge in [0.25, 0.3) is 0 Å². The Hall–Kier alpha value is -1.29. The van der Waals surface area contributed by atoms with Crippen molar-refractivity contribution in [1.29, 1.82) is 0 Å². The third-order valence-corrected chi connectivity index (χ3v) is 4.74. The van der Waals surface area contributed by atoms with Gasteiger partial charge in [-0.15, -0.1) is 11.3 Å². The maximum atomic E-state index is 6.00. The number of rotatable bonds is 3. The number of hydrogen-bond donors (Lipinski definition) is 2. The van der Waals surface area contributed by atoms with Crippen molar-refractivity contribution in [3.05, 3.63) is 23.2 Å². The van der Waals surface area contributed by atoms with Crippen LogP contribution in [0.2, 0.25) is 0 Å². The molecule has 2 aromatic rings. The second kappa shape index (κ2) is 5.14. The van der Waals surface area contributed by atoms with Crippen LogP contribution in [-0.4, -0.2) is 10.2 Å². The van der Waals surface area contributed by atoms with Gasteiger partial charge in [-0.1, -0.05) is 38.2 Å². The Labute approximate surface area is 111 Å². The molecule has 0 aliphatic heterocycles. The quantitative estimate of drug-likeness (QED) is 0.882. The minimum Gasteiger partial charge on any atom is -0.382 e. The van der Waals surface area contributed by atoms with Gasteiger partial charge in [0.2, 0.25) is 0 Å². The Bertz CT molecular complexity index is 495. The van der Waals surface area contributed by atoms with E-state index in [1.807, 2.05) is 0 Å². The SMILES string of the molecule is Nc1n[nH]c(CC2CCCCC2)c1-c1cccs1. The first kappa shape index (κ1) is 11.8. The van der Waals surface area contributed by atoms with Crippen molar-refractivity contribution in [3.63, 3.8) is 0 Å². The molecule has 0 aromatic carbocycles. The first-order valence-corrected chi connectivity index (χ1v) is 7.59. The number of nitrogens with zero attached hydrogens (tertiary/aromatic N) is 1. The molecule has 2 heterocycles. The Morgan fingerprint density at radius 1 is 1.33 bits per heavy atom. The smallest absolute Gasteiger partial charge is 0.154 e. The maximum absolute atomic E-state index is 6.00. The summed E-state index contributed by atoms with van der Waals surface area (Å²) in [5.74, 6) is 1.44. The van der Waals surface area contributed by atoms with E-state index in [1.54, 1.807) is 11.3 Å². The number of aromatic amines is 1. The van der Waals surface area contributed by atoms with Gasteiger partial charge in [0.15, 0.2) is 5.82 Å². The van der Waals surface area contributed by atoms with Crippen LogP contribution in [0, 0.1) is 5.92 Å². The minimum absolute atomic E-state index is 0.642. The molecule has 3 nitrogen and oxygen atoms in total. The lowest BCUT2D eigenvalue weighted by Crippen LogP contribution is -2.10. The molecule has 1 saturated carbocycles. The van der Waals surface area contributed by atoms with Crippen molar-refractivity contribution in [3.8, 4) is 10.4 Å². The molecule has 1 fully saturated rings. The summed E-state index contributed by atoms with van der Waals surface area (Å²) in [6.45, 7) is 0. The molecule has 2 aromatic heterocycles. The third kappa shape index (κ3) is 2.29. The van der Waals surface area contributed by atoms with Crippen LogP contribution < -0.4 is 5.73 Å². The summed E-state index contributed by atoms with van der Waals surface area (Å²) in [5.41, 5.74) is 8.36. The predicted octanol–water partition coefficient (Wildman–Crippen LogP) is 3.84. The molecule has 0 unspecified atom stereocenters. The van der Waals surface area contributed by atoms with E-state index in [-0.39, 0.29) is 0 Å². The number of H-pyrrole nitrogens is 1. The molecule has 18 heavy (non-hydrogen) atoms. The van der Waals surface area contributed by atoms with Crippen LogP contribution in [0.4, 0.5) is 5.82 Å². The molecule has 0 spiro atoms.